The van der Waals surface area contributed by atoms with Crippen LogP contribution in [0.2, 0.25) is 5.02 Å². The molecule has 3 atom stereocenters. The lowest BCUT2D eigenvalue weighted by molar-refractivity contribution is 0.0993. The molecule has 0 saturated heterocycles. The average Bonchev–Trinajstić information content (AvgIpc) is 3.26. The minimum absolute atomic E-state index is 0.0783. The Morgan fingerprint density at radius 2 is 1.90 bits per heavy atom. The summed E-state index contributed by atoms with van der Waals surface area (Å²) >= 11 is 5.98. The van der Waals surface area contributed by atoms with E-state index in [2.05, 4.69) is 17.4 Å². The summed E-state index contributed by atoms with van der Waals surface area (Å²) < 4.78 is 0. The average molecular weight is 294 g/mol. The summed E-state index contributed by atoms with van der Waals surface area (Å²) in [4.78, 5) is 0. The van der Waals surface area contributed by atoms with Crippen molar-refractivity contribution in [1.29, 1.82) is 0 Å². The van der Waals surface area contributed by atoms with Crippen LogP contribution in [0.4, 0.5) is 0 Å². The van der Waals surface area contributed by atoms with Crippen LogP contribution in [0.15, 0.2) is 24.3 Å². The van der Waals surface area contributed by atoms with Crippen molar-refractivity contribution < 1.29 is 5.11 Å². The topological polar surface area (TPSA) is 32.3 Å². The Bertz CT molecular complexity index is 429. The highest BCUT2D eigenvalue weighted by Gasteiger charge is 2.32. The molecule has 3 heteroatoms. The van der Waals surface area contributed by atoms with Gasteiger partial charge in [0.1, 0.15) is 0 Å². The molecule has 0 heterocycles. The van der Waals surface area contributed by atoms with Gasteiger partial charge < -0.3 is 10.4 Å². The van der Waals surface area contributed by atoms with Gasteiger partial charge in [0.2, 0.25) is 0 Å². The number of hydrogen-bond acceptors (Lipinski definition) is 2. The number of nitrogens with one attached hydrogen (secondary N) is 1. The summed E-state index contributed by atoms with van der Waals surface area (Å²) in [6.07, 6.45) is 6.95. The van der Waals surface area contributed by atoms with Gasteiger partial charge in [-0.1, -0.05) is 30.2 Å². The van der Waals surface area contributed by atoms with Crippen molar-refractivity contribution in [3.8, 4) is 0 Å². The van der Waals surface area contributed by atoms with E-state index in [9.17, 15) is 5.11 Å². The van der Waals surface area contributed by atoms with Crippen LogP contribution in [0.3, 0.4) is 0 Å². The SMILES string of the molecule is OC1CCCC(CNC(c2ccc(Cl)cc2)C2CC2)C1. The highest BCUT2D eigenvalue weighted by molar-refractivity contribution is 6.30. The Morgan fingerprint density at radius 1 is 1.15 bits per heavy atom. The first-order valence-electron chi connectivity index (χ1n) is 7.89. The Morgan fingerprint density at radius 3 is 2.55 bits per heavy atom. The maximum Gasteiger partial charge on any atom is 0.0543 e. The second-order valence-corrected chi connectivity index (χ2v) is 6.90. The summed E-state index contributed by atoms with van der Waals surface area (Å²) in [5, 5.41) is 14.3. The molecule has 20 heavy (non-hydrogen) atoms. The molecule has 2 fully saturated rings. The van der Waals surface area contributed by atoms with Gasteiger partial charge in [0, 0.05) is 11.1 Å². The summed E-state index contributed by atoms with van der Waals surface area (Å²) in [7, 11) is 0. The van der Waals surface area contributed by atoms with E-state index < -0.39 is 0 Å². The van der Waals surface area contributed by atoms with Crippen molar-refractivity contribution in [3.05, 3.63) is 34.9 Å². The van der Waals surface area contributed by atoms with Gasteiger partial charge in [0.15, 0.2) is 0 Å². The number of benzene rings is 1. The first kappa shape index (κ1) is 14.4. The molecule has 0 aliphatic heterocycles. The third-order valence-electron chi connectivity index (χ3n) is 4.70. The largest absolute Gasteiger partial charge is 0.393 e. The first-order valence-corrected chi connectivity index (χ1v) is 8.27. The molecule has 2 nitrogen and oxygen atoms in total. The standard InChI is InChI=1S/C17H24ClNO/c18-15-8-6-14(7-9-15)17(13-4-5-13)19-11-12-2-1-3-16(20)10-12/h6-9,12-13,16-17,19-20H,1-5,10-11H2. The molecule has 3 rings (SSSR count). The van der Waals surface area contributed by atoms with Crippen molar-refractivity contribution in [1.82, 2.24) is 5.32 Å². The van der Waals surface area contributed by atoms with Crippen LogP contribution in [-0.4, -0.2) is 17.8 Å². The maximum absolute atomic E-state index is 9.77. The minimum Gasteiger partial charge on any atom is -0.393 e. The lowest BCUT2D eigenvalue weighted by Gasteiger charge is -2.28. The number of hydrogen-bond donors (Lipinski definition) is 2. The lowest BCUT2D eigenvalue weighted by Crippen LogP contribution is -2.32. The number of aliphatic hydroxyl groups excluding tert-OH is 1. The van der Waals surface area contributed by atoms with Crippen LogP contribution < -0.4 is 5.32 Å². The maximum atomic E-state index is 9.77. The van der Waals surface area contributed by atoms with E-state index in [0.717, 1.165) is 30.3 Å². The number of rotatable bonds is 5. The zero-order chi connectivity index (χ0) is 13.9. The summed E-state index contributed by atoms with van der Waals surface area (Å²) in [6.45, 7) is 1.03. The van der Waals surface area contributed by atoms with E-state index in [1.54, 1.807) is 0 Å². The van der Waals surface area contributed by atoms with Crippen molar-refractivity contribution in [3.63, 3.8) is 0 Å². The molecular weight excluding hydrogens is 270 g/mol. The number of aliphatic hydroxyl groups is 1. The monoisotopic (exact) mass is 293 g/mol. The van der Waals surface area contributed by atoms with E-state index >= 15 is 0 Å². The van der Waals surface area contributed by atoms with Crippen molar-refractivity contribution in [2.75, 3.05) is 6.54 Å². The van der Waals surface area contributed by atoms with Gasteiger partial charge in [-0.25, -0.2) is 0 Å². The molecule has 1 aromatic rings. The van der Waals surface area contributed by atoms with Gasteiger partial charge in [-0.2, -0.15) is 0 Å². The van der Waals surface area contributed by atoms with Gasteiger partial charge in [0.05, 0.1) is 6.10 Å². The zero-order valence-corrected chi connectivity index (χ0v) is 12.6. The molecule has 3 unspecified atom stereocenters. The van der Waals surface area contributed by atoms with E-state index in [1.165, 1.54) is 31.2 Å². The van der Waals surface area contributed by atoms with Crippen LogP contribution in [0.1, 0.15) is 50.1 Å². The highest BCUT2D eigenvalue weighted by atomic mass is 35.5. The van der Waals surface area contributed by atoms with Gasteiger partial charge in [-0.15, -0.1) is 0 Å². The fourth-order valence-electron chi connectivity index (χ4n) is 3.40. The summed E-state index contributed by atoms with van der Waals surface area (Å²) in [5.41, 5.74) is 1.35. The Hall–Kier alpha value is -0.570. The quantitative estimate of drug-likeness (QED) is 0.862. The van der Waals surface area contributed by atoms with E-state index in [4.69, 9.17) is 11.6 Å². The molecule has 0 radical (unpaired) electrons. The molecule has 1 aromatic carbocycles. The normalized spacial score (nSPS) is 28.3. The summed E-state index contributed by atoms with van der Waals surface area (Å²) in [5.74, 6) is 1.41. The molecule has 0 bridgehead atoms. The molecule has 2 N–H and O–H groups in total. The van der Waals surface area contributed by atoms with Crippen LogP contribution in [-0.2, 0) is 0 Å². The van der Waals surface area contributed by atoms with Crippen LogP contribution in [0.5, 0.6) is 0 Å². The van der Waals surface area contributed by atoms with Crippen molar-refractivity contribution in [2.24, 2.45) is 11.8 Å². The summed E-state index contributed by atoms with van der Waals surface area (Å²) in [6, 6.07) is 8.73. The predicted molar refractivity (Wildman–Crippen MR) is 82.9 cm³/mol. The van der Waals surface area contributed by atoms with Gasteiger partial charge >= 0.3 is 0 Å². The van der Waals surface area contributed by atoms with Crippen molar-refractivity contribution >= 4 is 11.6 Å². The third-order valence-corrected chi connectivity index (χ3v) is 4.96. The third kappa shape index (κ3) is 3.75. The Balaban J connectivity index is 1.59. The van der Waals surface area contributed by atoms with E-state index in [0.29, 0.717) is 12.0 Å². The molecular formula is C17H24ClNO. The smallest absolute Gasteiger partial charge is 0.0543 e. The number of halogens is 1. The zero-order valence-electron chi connectivity index (χ0n) is 11.9. The second-order valence-electron chi connectivity index (χ2n) is 6.46. The van der Waals surface area contributed by atoms with Gasteiger partial charge in [-0.3, -0.25) is 0 Å². The van der Waals surface area contributed by atoms with Crippen LogP contribution >= 0.6 is 11.6 Å². The fraction of sp³-hybridized carbons (Fsp3) is 0.647. The van der Waals surface area contributed by atoms with Crippen molar-refractivity contribution in [2.45, 2.75) is 50.7 Å². The second kappa shape index (κ2) is 6.46. The molecule has 2 aliphatic carbocycles. The molecule has 0 spiro atoms. The highest BCUT2D eigenvalue weighted by Crippen LogP contribution is 2.41. The first-order chi connectivity index (χ1) is 9.72. The van der Waals surface area contributed by atoms with Crippen LogP contribution in [0, 0.1) is 11.8 Å². The Labute approximate surface area is 126 Å². The molecule has 2 aliphatic rings. The predicted octanol–water partition coefficient (Wildman–Crippen LogP) is 3.93. The van der Waals surface area contributed by atoms with Gasteiger partial charge in [0.25, 0.3) is 0 Å². The fourth-order valence-corrected chi connectivity index (χ4v) is 3.52. The minimum atomic E-state index is -0.0783. The molecule has 0 aromatic heterocycles. The molecule has 0 amide bonds. The van der Waals surface area contributed by atoms with E-state index in [-0.39, 0.29) is 6.10 Å². The van der Waals surface area contributed by atoms with Gasteiger partial charge in [-0.05, 0) is 68.2 Å². The molecule has 2 saturated carbocycles. The lowest BCUT2D eigenvalue weighted by atomic mass is 9.87. The Kier molecular flexibility index (Phi) is 4.65. The van der Waals surface area contributed by atoms with Crippen LogP contribution in [0.25, 0.3) is 0 Å². The van der Waals surface area contributed by atoms with E-state index in [1.807, 2.05) is 12.1 Å². The molecule has 110 valence electrons.